The second-order valence-corrected chi connectivity index (χ2v) is 9.00. The lowest BCUT2D eigenvalue weighted by Crippen LogP contribution is -2.45. The molecule has 2 N–H and O–H groups in total. The van der Waals surface area contributed by atoms with E-state index in [9.17, 15) is 13.5 Å². The summed E-state index contributed by atoms with van der Waals surface area (Å²) in [5.74, 6) is 0. The van der Waals surface area contributed by atoms with Crippen LogP contribution in [0.25, 0.3) is 0 Å². The Balaban J connectivity index is 1.98. The summed E-state index contributed by atoms with van der Waals surface area (Å²) in [7, 11) is -3.88. The van der Waals surface area contributed by atoms with Crippen molar-refractivity contribution in [2.75, 3.05) is 19.6 Å². The summed E-state index contributed by atoms with van der Waals surface area (Å²) in [6, 6.07) is 2.88. The highest BCUT2D eigenvalue weighted by atomic mass is 35.5. The van der Waals surface area contributed by atoms with Crippen molar-refractivity contribution in [2.24, 2.45) is 0 Å². The molecule has 0 saturated carbocycles. The molecule has 9 heteroatoms. The van der Waals surface area contributed by atoms with Crippen molar-refractivity contribution >= 4 is 44.8 Å². The normalized spacial score (nSPS) is 21.0. The van der Waals surface area contributed by atoms with E-state index in [0.717, 1.165) is 19.4 Å². The fourth-order valence-electron chi connectivity index (χ4n) is 2.76. The Morgan fingerprint density at radius 1 is 1.25 bits per heavy atom. The lowest BCUT2D eigenvalue weighted by molar-refractivity contribution is 0.0760. The van der Waals surface area contributed by atoms with E-state index in [1.54, 1.807) is 0 Å². The van der Waals surface area contributed by atoms with Crippen LogP contribution < -0.4 is 4.72 Å². The lowest BCUT2D eigenvalue weighted by atomic mass is 10.0. The Morgan fingerprint density at radius 2 is 1.92 bits per heavy atom. The molecule has 0 amide bonds. The van der Waals surface area contributed by atoms with E-state index in [1.807, 2.05) is 0 Å². The zero-order chi connectivity index (χ0) is 17.9. The molecular weight excluding hydrogens is 395 g/mol. The molecule has 0 radical (unpaired) electrons. The fraction of sp³-hybridized carbons (Fsp3) is 0.600. The second kappa shape index (κ2) is 8.54. The minimum absolute atomic E-state index is 0.0176. The number of halogens is 3. The van der Waals surface area contributed by atoms with E-state index < -0.39 is 16.1 Å². The van der Waals surface area contributed by atoms with Crippen LogP contribution in [0.15, 0.2) is 17.0 Å². The second-order valence-electron chi connectivity index (χ2n) is 6.04. The van der Waals surface area contributed by atoms with Crippen molar-refractivity contribution in [1.29, 1.82) is 0 Å². The molecule has 1 fully saturated rings. The summed E-state index contributed by atoms with van der Waals surface area (Å²) in [5, 5.41) is 10.4. The Kier molecular flexibility index (Phi) is 7.20. The van der Waals surface area contributed by atoms with Gasteiger partial charge in [-0.05, 0) is 38.4 Å². The standard InChI is InChI=1S/C15H21Cl3N2O3S/c1-10-4-2-3-5-20(10)9-11(21)8-19-24(22,23)15-7-13(17)12(16)6-14(15)18/h6-7,10-11,19,21H,2-5,8-9H2,1H3. The molecule has 0 bridgehead atoms. The average Bonchev–Trinajstić information content (AvgIpc) is 2.51. The molecule has 0 aromatic heterocycles. The van der Waals surface area contributed by atoms with E-state index in [0.29, 0.717) is 12.6 Å². The number of aliphatic hydroxyl groups excluding tert-OH is 1. The summed E-state index contributed by atoms with van der Waals surface area (Å²) in [6.07, 6.45) is 2.58. The van der Waals surface area contributed by atoms with E-state index in [2.05, 4.69) is 16.5 Å². The maximum absolute atomic E-state index is 12.4. The number of piperidine rings is 1. The van der Waals surface area contributed by atoms with Gasteiger partial charge in [-0.1, -0.05) is 41.2 Å². The molecule has 1 aliphatic rings. The van der Waals surface area contributed by atoms with Crippen LogP contribution in [-0.2, 0) is 10.0 Å². The monoisotopic (exact) mass is 414 g/mol. The molecule has 0 aliphatic carbocycles. The lowest BCUT2D eigenvalue weighted by Gasteiger charge is -2.34. The van der Waals surface area contributed by atoms with E-state index >= 15 is 0 Å². The van der Waals surface area contributed by atoms with Gasteiger partial charge in [0.05, 0.1) is 21.2 Å². The first-order chi connectivity index (χ1) is 11.2. The molecular formula is C15H21Cl3N2O3S. The molecule has 1 heterocycles. The number of nitrogens with zero attached hydrogens (tertiary/aromatic N) is 1. The van der Waals surface area contributed by atoms with E-state index in [1.165, 1.54) is 18.6 Å². The minimum atomic E-state index is -3.88. The molecule has 1 aromatic carbocycles. The topological polar surface area (TPSA) is 69.6 Å². The Morgan fingerprint density at radius 3 is 2.58 bits per heavy atom. The largest absolute Gasteiger partial charge is 0.390 e. The fourth-order valence-corrected chi connectivity index (χ4v) is 4.83. The molecule has 24 heavy (non-hydrogen) atoms. The van der Waals surface area contributed by atoms with Crippen LogP contribution in [0.1, 0.15) is 26.2 Å². The molecule has 2 rings (SSSR count). The van der Waals surface area contributed by atoms with Gasteiger partial charge in [0.2, 0.25) is 10.0 Å². The summed E-state index contributed by atoms with van der Waals surface area (Å²) >= 11 is 17.6. The van der Waals surface area contributed by atoms with Gasteiger partial charge in [-0.25, -0.2) is 13.1 Å². The molecule has 2 unspecified atom stereocenters. The van der Waals surface area contributed by atoms with Crippen molar-refractivity contribution in [2.45, 2.75) is 43.2 Å². The first-order valence-corrected chi connectivity index (χ1v) is 10.4. The van der Waals surface area contributed by atoms with E-state index in [4.69, 9.17) is 34.8 Å². The predicted octanol–water partition coefficient (Wildman–Crippen LogP) is 3.16. The number of hydrogen-bond donors (Lipinski definition) is 2. The summed E-state index contributed by atoms with van der Waals surface area (Å²) in [5.41, 5.74) is 0. The first kappa shape index (κ1) is 20.2. The highest BCUT2D eigenvalue weighted by molar-refractivity contribution is 7.89. The highest BCUT2D eigenvalue weighted by Gasteiger charge is 2.24. The van der Waals surface area contributed by atoms with Gasteiger partial charge in [0, 0.05) is 19.1 Å². The van der Waals surface area contributed by atoms with Crippen molar-refractivity contribution in [3.63, 3.8) is 0 Å². The van der Waals surface area contributed by atoms with Crippen LogP contribution in [0.4, 0.5) is 0 Å². The van der Waals surface area contributed by atoms with Crippen molar-refractivity contribution < 1.29 is 13.5 Å². The molecule has 5 nitrogen and oxygen atoms in total. The molecule has 1 aromatic rings. The van der Waals surface area contributed by atoms with Gasteiger partial charge in [-0.2, -0.15) is 0 Å². The van der Waals surface area contributed by atoms with Gasteiger partial charge >= 0.3 is 0 Å². The third-order valence-corrected chi connectivity index (χ3v) is 6.77. The van der Waals surface area contributed by atoms with Crippen LogP contribution in [-0.4, -0.2) is 50.2 Å². The number of nitrogens with one attached hydrogen (secondary N) is 1. The number of benzene rings is 1. The van der Waals surface area contributed by atoms with Gasteiger partial charge < -0.3 is 5.11 Å². The summed E-state index contributed by atoms with van der Waals surface area (Å²) in [4.78, 5) is 2.02. The zero-order valence-corrected chi connectivity index (χ0v) is 16.4. The maximum atomic E-state index is 12.4. The SMILES string of the molecule is CC1CCCCN1CC(O)CNS(=O)(=O)c1cc(Cl)c(Cl)cc1Cl. The Hall–Kier alpha value is -0.0800. The highest BCUT2D eigenvalue weighted by Crippen LogP contribution is 2.31. The third kappa shape index (κ3) is 5.21. The number of hydrogen-bond acceptors (Lipinski definition) is 4. The van der Waals surface area contributed by atoms with Crippen LogP contribution in [0.2, 0.25) is 15.1 Å². The third-order valence-electron chi connectivity index (χ3n) is 4.16. The first-order valence-electron chi connectivity index (χ1n) is 7.77. The Bertz CT molecular complexity index is 685. The van der Waals surface area contributed by atoms with Crippen LogP contribution in [0.5, 0.6) is 0 Å². The van der Waals surface area contributed by atoms with Crippen molar-refractivity contribution in [3.05, 3.63) is 27.2 Å². The van der Waals surface area contributed by atoms with Crippen molar-refractivity contribution in [1.82, 2.24) is 9.62 Å². The van der Waals surface area contributed by atoms with Gasteiger partial charge in [-0.15, -0.1) is 0 Å². The number of β-amino-alcohol motifs (C(OH)–C–C–N with tert-alkyl or cyclic N) is 1. The van der Waals surface area contributed by atoms with Gasteiger partial charge in [0.25, 0.3) is 0 Å². The van der Waals surface area contributed by atoms with Gasteiger partial charge in [-0.3, -0.25) is 4.90 Å². The summed E-state index contributed by atoms with van der Waals surface area (Å²) < 4.78 is 27.1. The number of sulfonamides is 1. The molecule has 0 spiro atoms. The zero-order valence-electron chi connectivity index (χ0n) is 13.3. The predicted molar refractivity (Wildman–Crippen MR) is 97.6 cm³/mol. The van der Waals surface area contributed by atoms with Crippen LogP contribution >= 0.6 is 34.8 Å². The van der Waals surface area contributed by atoms with Crippen molar-refractivity contribution in [3.8, 4) is 0 Å². The minimum Gasteiger partial charge on any atom is -0.390 e. The maximum Gasteiger partial charge on any atom is 0.242 e. The number of likely N-dealkylation sites (tertiary alicyclic amines) is 1. The van der Waals surface area contributed by atoms with Crippen LogP contribution in [0, 0.1) is 0 Å². The smallest absolute Gasteiger partial charge is 0.242 e. The number of aliphatic hydroxyl groups is 1. The van der Waals surface area contributed by atoms with Gasteiger partial charge in [0.15, 0.2) is 0 Å². The summed E-state index contributed by atoms with van der Waals surface area (Å²) in [6.45, 7) is 3.37. The quantitative estimate of drug-likeness (QED) is 0.700. The van der Waals surface area contributed by atoms with Gasteiger partial charge in [0.1, 0.15) is 4.90 Å². The molecule has 1 saturated heterocycles. The Labute approximate surface area is 157 Å². The average molecular weight is 416 g/mol. The molecule has 2 atom stereocenters. The molecule has 136 valence electrons. The molecule has 1 aliphatic heterocycles. The van der Waals surface area contributed by atoms with Crippen LogP contribution in [0.3, 0.4) is 0 Å². The number of rotatable bonds is 6. The van der Waals surface area contributed by atoms with E-state index in [-0.39, 0.29) is 26.5 Å².